The highest BCUT2D eigenvalue weighted by Gasteiger charge is 2.11. The molecule has 0 spiro atoms. The normalized spacial score (nSPS) is 10.8. The largest absolute Gasteiger partial charge is 0.399 e. The van der Waals surface area contributed by atoms with Gasteiger partial charge in [-0.05, 0) is 42.8 Å². The van der Waals surface area contributed by atoms with E-state index in [0.29, 0.717) is 27.1 Å². The van der Waals surface area contributed by atoms with Crippen molar-refractivity contribution < 1.29 is 4.79 Å². The summed E-state index contributed by atoms with van der Waals surface area (Å²) < 4.78 is 0. The molecule has 0 aliphatic heterocycles. The van der Waals surface area contributed by atoms with Crippen LogP contribution in [0.5, 0.6) is 0 Å². The number of hydrogen-bond donors (Lipinski definition) is 3. The Morgan fingerprint density at radius 2 is 1.96 bits per heavy atom. The number of carbonyl (C=O) groups is 1. The molecule has 0 aromatic heterocycles. The lowest BCUT2D eigenvalue weighted by Gasteiger charge is -2.08. The van der Waals surface area contributed by atoms with Crippen LogP contribution in [0.25, 0.3) is 0 Å². The first kappa shape index (κ1) is 17.7. The molecule has 0 aliphatic carbocycles. The van der Waals surface area contributed by atoms with Crippen LogP contribution in [0.3, 0.4) is 0 Å². The number of rotatable bonds is 4. The lowest BCUT2D eigenvalue weighted by molar-refractivity contribution is -0.112. The van der Waals surface area contributed by atoms with Crippen molar-refractivity contribution in [3.63, 3.8) is 0 Å². The average Bonchev–Trinajstić information content (AvgIpc) is 2.54. The number of nitrogens with zero attached hydrogens (tertiary/aromatic N) is 1. The Labute approximate surface area is 149 Å². The topological polar surface area (TPSA) is 90.9 Å². The molecule has 7 heteroatoms. The van der Waals surface area contributed by atoms with E-state index in [1.807, 2.05) is 19.1 Å². The molecule has 1 amide bonds. The molecule has 0 bridgehead atoms. The summed E-state index contributed by atoms with van der Waals surface area (Å²) in [5.41, 5.74) is 7.93. The Hall–Kier alpha value is -2.68. The third-order valence-corrected chi connectivity index (χ3v) is 3.88. The predicted octanol–water partition coefficient (Wildman–Crippen LogP) is 4.34. The van der Waals surface area contributed by atoms with Crippen LogP contribution in [-0.4, -0.2) is 5.91 Å². The standard InChI is InChI=1S/C17H14Cl2N4O/c1-10-2-4-13(7-14(10)18)22-9-11(8-20)17(24)23-16-5-3-12(21)6-15(16)19/h2-7,9,22H,21H2,1H3,(H,23,24)/b11-9-. The summed E-state index contributed by atoms with van der Waals surface area (Å²) in [6.07, 6.45) is 1.31. The summed E-state index contributed by atoms with van der Waals surface area (Å²) in [7, 11) is 0. The second kappa shape index (κ2) is 7.73. The number of carbonyl (C=O) groups excluding carboxylic acids is 1. The van der Waals surface area contributed by atoms with Gasteiger partial charge >= 0.3 is 0 Å². The zero-order chi connectivity index (χ0) is 17.7. The van der Waals surface area contributed by atoms with E-state index in [1.165, 1.54) is 12.3 Å². The van der Waals surface area contributed by atoms with Crippen LogP contribution in [0.15, 0.2) is 48.2 Å². The maximum Gasteiger partial charge on any atom is 0.267 e. The van der Waals surface area contributed by atoms with Crippen molar-refractivity contribution in [3.8, 4) is 6.07 Å². The number of nitrogens with one attached hydrogen (secondary N) is 2. The fourth-order valence-corrected chi connectivity index (χ4v) is 2.23. The number of nitriles is 1. The van der Waals surface area contributed by atoms with E-state index < -0.39 is 5.91 Å². The van der Waals surface area contributed by atoms with Gasteiger partial charge in [-0.25, -0.2) is 0 Å². The summed E-state index contributed by atoms with van der Waals surface area (Å²) in [5, 5.41) is 15.5. The Morgan fingerprint density at radius 1 is 1.21 bits per heavy atom. The van der Waals surface area contributed by atoms with Gasteiger partial charge in [0.2, 0.25) is 0 Å². The Bertz CT molecular complexity index is 856. The van der Waals surface area contributed by atoms with Gasteiger partial charge in [-0.15, -0.1) is 0 Å². The number of aryl methyl sites for hydroxylation is 1. The Morgan fingerprint density at radius 3 is 2.58 bits per heavy atom. The van der Waals surface area contributed by atoms with Gasteiger partial charge in [0.1, 0.15) is 11.6 Å². The van der Waals surface area contributed by atoms with E-state index in [-0.39, 0.29) is 5.57 Å². The van der Waals surface area contributed by atoms with Crippen LogP contribution in [-0.2, 0) is 4.79 Å². The van der Waals surface area contributed by atoms with Crippen LogP contribution < -0.4 is 16.4 Å². The molecule has 2 rings (SSSR count). The molecular formula is C17H14Cl2N4O. The molecule has 122 valence electrons. The second-order valence-electron chi connectivity index (χ2n) is 4.97. The monoisotopic (exact) mass is 360 g/mol. The lowest BCUT2D eigenvalue weighted by Crippen LogP contribution is -2.15. The predicted molar refractivity (Wildman–Crippen MR) is 98.0 cm³/mol. The van der Waals surface area contributed by atoms with Crippen molar-refractivity contribution in [2.45, 2.75) is 6.92 Å². The minimum Gasteiger partial charge on any atom is -0.399 e. The molecule has 0 saturated heterocycles. The first-order chi connectivity index (χ1) is 11.4. The maximum absolute atomic E-state index is 12.2. The molecule has 0 aliphatic rings. The highest BCUT2D eigenvalue weighted by Crippen LogP contribution is 2.24. The summed E-state index contributed by atoms with van der Waals surface area (Å²) in [6.45, 7) is 1.88. The maximum atomic E-state index is 12.2. The van der Waals surface area contributed by atoms with Gasteiger partial charge in [0, 0.05) is 22.6 Å². The minimum absolute atomic E-state index is 0.111. The van der Waals surface area contributed by atoms with Crippen molar-refractivity contribution in [1.29, 1.82) is 5.26 Å². The van der Waals surface area contributed by atoms with E-state index in [4.69, 9.17) is 34.2 Å². The van der Waals surface area contributed by atoms with Crippen LogP contribution >= 0.6 is 23.2 Å². The molecule has 2 aromatic carbocycles. The van der Waals surface area contributed by atoms with Gasteiger partial charge in [0.25, 0.3) is 5.91 Å². The zero-order valence-corrected chi connectivity index (χ0v) is 14.2. The first-order valence-corrected chi connectivity index (χ1v) is 7.65. The quantitative estimate of drug-likeness (QED) is 0.429. The summed E-state index contributed by atoms with van der Waals surface area (Å²) in [5.74, 6) is -0.588. The summed E-state index contributed by atoms with van der Waals surface area (Å²) in [4.78, 5) is 12.2. The van der Waals surface area contributed by atoms with Gasteiger partial charge in [-0.1, -0.05) is 29.3 Å². The van der Waals surface area contributed by atoms with E-state index >= 15 is 0 Å². The molecule has 2 aromatic rings. The number of amides is 1. The molecule has 5 nitrogen and oxygen atoms in total. The number of halogens is 2. The van der Waals surface area contributed by atoms with Crippen molar-refractivity contribution in [2.24, 2.45) is 0 Å². The van der Waals surface area contributed by atoms with E-state index in [1.54, 1.807) is 24.3 Å². The molecule has 0 radical (unpaired) electrons. The van der Waals surface area contributed by atoms with E-state index in [0.717, 1.165) is 5.56 Å². The zero-order valence-electron chi connectivity index (χ0n) is 12.7. The minimum atomic E-state index is -0.588. The fraction of sp³-hybridized carbons (Fsp3) is 0.0588. The summed E-state index contributed by atoms with van der Waals surface area (Å²) >= 11 is 12.0. The number of nitrogens with two attached hydrogens (primary N) is 1. The molecule has 0 atom stereocenters. The number of hydrogen-bond acceptors (Lipinski definition) is 4. The van der Waals surface area contributed by atoms with E-state index in [2.05, 4.69) is 10.6 Å². The van der Waals surface area contributed by atoms with Crippen LogP contribution in [0.4, 0.5) is 17.1 Å². The average molecular weight is 361 g/mol. The molecule has 0 unspecified atom stereocenters. The van der Waals surface area contributed by atoms with Crippen molar-refractivity contribution >= 4 is 46.2 Å². The summed E-state index contributed by atoms with van der Waals surface area (Å²) in [6, 6.07) is 11.8. The lowest BCUT2D eigenvalue weighted by atomic mass is 10.2. The van der Waals surface area contributed by atoms with Crippen LogP contribution in [0.1, 0.15) is 5.56 Å². The highest BCUT2D eigenvalue weighted by molar-refractivity contribution is 6.34. The Balaban J connectivity index is 2.13. The van der Waals surface area contributed by atoms with Crippen molar-refractivity contribution in [3.05, 3.63) is 63.8 Å². The van der Waals surface area contributed by atoms with Crippen LogP contribution in [0.2, 0.25) is 10.0 Å². The third-order valence-electron chi connectivity index (χ3n) is 3.16. The van der Waals surface area contributed by atoms with E-state index in [9.17, 15) is 4.79 Å². The smallest absolute Gasteiger partial charge is 0.267 e. The van der Waals surface area contributed by atoms with Crippen molar-refractivity contribution in [2.75, 3.05) is 16.4 Å². The molecule has 0 fully saturated rings. The molecular weight excluding hydrogens is 347 g/mol. The molecule has 0 saturated carbocycles. The second-order valence-corrected chi connectivity index (χ2v) is 5.79. The number of nitrogen functional groups attached to an aromatic ring is 1. The third kappa shape index (κ3) is 4.42. The van der Waals surface area contributed by atoms with Crippen molar-refractivity contribution in [1.82, 2.24) is 0 Å². The highest BCUT2D eigenvalue weighted by atomic mass is 35.5. The van der Waals surface area contributed by atoms with Crippen LogP contribution in [0, 0.1) is 18.3 Å². The SMILES string of the molecule is Cc1ccc(N/C=C(/C#N)C(=O)Nc2ccc(N)cc2Cl)cc1Cl. The molecule has 24 heavy (non-hydrogen) atoms. The first-order valence-electron chi connectivity index (χ1n) is 6.90. The van der Waals surface area contributed by atoms with Gasteiger partial charge in [0.15, 0.2) is 0 Å². The molecule has 4 N–H and O–H groups in total. The number of anilines is 3. The van der Waals surface area contributed by atoms with Gasteiger partial charge in [-0.2, -0.15) is 5.26 Å². The molecule has 0 heterocycles. The van der Waals surface area contributed by atoms with Gasteiger partial charge in [-0.3, -0.25) is 4.79 Å². The van der Waals surface area contributed by atoms with Gasteiger partial charge in [0.05, 0.1) is 10.7 Å². The number of benzene rings is 2. The Kier molecular flexibility index (Phi) is 5.69. The van der Waals surface area contributed by atoms with Gasteiger partial charge < -0.3 is 16.4 Å². The fourth-order valence-electron chi connectivity index (χ4n) is 1.81.